The van der Waals surface area contributed by atoms with Crippen molar-refractivity contribution in [2.75, 3.05) is 13.1 Å². The first-order chi connectivity index (χ1) is 10.4. The molecule has 0 saturated carbocycles. The van der Waals surface area contributed by atoms with Gasteiger partial charge in [0.05, 0.1) is 4.90 Å². The fraction of sp³-hybridized carbons (Fsp3) is 0.312. The Hall–Kier alpha value is -1.92. The van der Waals surface area contributed by atoms with E-state index in [1.807, 2.05) is 26.0 Å². The second kappa shape index (κ2) is 8.51. The van der Waals surface area contributed by atoms with E-state index < -0.39 is 10.0 Å². The monoisotopic (exact) mass is 322 g/mol. The van der Waals surface area contributed by atoms with Gasteiger partial charge >= 0.3 is 0 Å². The zero-order valence-electron chi connectivity index (χ0n) is 13.1. The number of aryl methyl sites for hydroxylation is 2. The Labute approximate surface area is 132 Å². The lowest BCUT2D eigenvalue weighted by Gasteiger charge is -2.10. The lowest BCUT2D eigenvalue weighted by molar-refractivity contribution is -0.116. The third kappa shape index (κ3) is 5.83. The molecular formula is C16H22N2O3S. The Balaban J connectivity index is 2.53. The van der Waals surface area contributed by atoms with Gasteiger partial charge in [0, 0.05) is 19.2 Å². The Morgan fingerprint density at radius 2 is 1.91 bits per heavy atom. The summed E-state index contributed by atoms with van der Waals surface area (Å²) in [6.45, 7) is 5.81. The number of nitrogens with one attached hydrogen (secondary N) is 2. The van der Waals surface area contributed by atoms with Crippen molar-refractivity contribution in [3.63, 3.8) is 0 Å². The predicted octanol–water partition coefficient (Wildman–Crippen LogP) is 1.83. The molecule has 0 heterocycles. The topological polar surface area (TPSA) is 75.3 Å². The van der Waals surface area contributed by atoms with Crippen LogP contribution in [0.2, 0.25) is 0 Å². The average Bonchev–Trinajstić information content (AvgIpc) is 2.46. The number of hydrogen-bond donors (Lipinski definition) is 2. The number of benzene rings is 1. The van der Waals surface area contributed by atoms with Crippen molar-refractivity contribution in [1.82, 2.24) is 10.0 Å². The Kier molecular flexibility index (Phi) is 7.01. The second-order valence-corrected chi connectivity index (χ2v) is 6.58. The van der Waals surface area contributed by atoms with Gasteiger partial charge in [0.15, 0.2) is 0 Å². The Morgan fingerprint density at radius 1 is 1.18 bits per heavy atom. The molecule has 1 aromatic rings. The number of carbonyl (C=O) groups is 1. The lowest BCUT2D eigenvalue weighted by Crippen LogP contribution is -2.34. The first-order valence-corrected chi connectivity index (χ1v) is 8.49. The van der Waals surface area contributed by atoms with Crippen molar-refractivity contribution in [2.45, 2.75) is 25.7 Å². The summed E-state index contributed by atoms with van der Waals surface area (Å²) in [7, 11) is -3.56. The third-order valence-corrected chi connectivity index (χ3v) is 4.50. The molecule has 1 aromatic carbocycles. The van der Waals surface area contributed by atoms with Crippen LogP contribution < -0.4 is 10.0 Å². The van der Waals surface area contributed by atoms with Crippen LogP contribution in [0.5, 0.6) is 0 Å². The van der Waals surface area contributed by atoms with Crippen LogP contribution in [0.1, 0.15) is 18.1 Å². The summed E-state index contributed by atoms with van der Waals surface area (Å²) >= 11 is 0. The van der Waals surface area contributed by atoms with Crippen molar-refractivity contribution >= 4 is 15.9 Å². The minimum Gasteiger partial charge on any atom is -0.351 e. The molecule has 0 aromatic heterocycles. The molecule has 0 aliphatic heterocycles. The zero-order valence-corrected chi connectivity index (χ0v) is 13.9. The van der Waals surface area contributed by atoms with Gasteiger partial charge in [0.2, 0.25) is 15.9 Å². The molecule has 0 aliphatic rings. The van der Waals surface area contributed by atoms with Crippen molar-refractivity contribution < 1.29 is 13.2 Å². The Morgan fingerprint density at radius 3 is 2.59 bits per heavy atom. The quantitative estimate of drug-likeness (QED) is 0.457. The molecule has 0 unspecified atom stereocenters. The van der Waals surface area contributed by atoms with E-state index in [4.69, 9.17) is 0 Å². The summed E-state index contributed by atoms with van der Waals surface area (Å²) in [5, 5.41) is 2.61. The highest BCUT2D eigenvalue weighted by Gasteiger charge is 2.16. The second-order valence-electron chi connectivity index (χ2n) is 4.84. The van der Waals surface area contributed by atoms with Crippen LogP contribution in [0.4, 0.5) is 0 Å². The lowest BCUT2D eigenvalue weighted by atomic mass is 10.2. The minimum absolute atomic E-state index is 0.138. The first-order valence-electron chi connectivity index (χ1n) is 7.01. The minimum atomic E-state index is -3.56. The number of hydrogen-bond acceptors (Lipinski definition) is 3. The molecule has 0 spiro atoms. The molecule has 120 valence electrons. The molecule has 0 aliphatic carbocycles. The highest BCUT2D eigenvalue weighted by molar-refractivity contribution is 7.89. The van der Waals surface area contributed by atoms with Crippen LogP contribution >= 0.6 is 0 Å². The molecule has 22 heavy (non-hydrogen) atoms. The summed E-state index contributed by atoms with van der Waals surface area (Å²) in [6, 6.07) is 5.28. The molecule has 2 N–H and O–H groups in total. The van der Waals surface area contributed by atoms with Gasteiger partial charge in [-0.1, -0.05) is 30.4 Å². The smallest absolute Gasteiger partial charge is 0.244 e. The molecule has 0 bridgehead atoms. The van der Waals surface area contributed by atoms with Crippen LogP contribution in [-0.2, 0) is 14.8 Å². The standard InChI is InChI=1S/C16H22N2O3S/c1-4-5-6-7-16(19)17-10-11-18-22(20,21)15-12-13(2)8-9-14(15)3/h4-9,12,18H,10-11H2,1-3H3,(H,17,19)/b5-4+,7-6+. The number of rotatable bonds is 7. The summed E-state index contributed by atoms with van der Waals surface area (Å²) in [5.74, 6) is -0.260. The third-order valence-electron chi connectivity index (χ3n) is 2.90. The van der Waals surface area contributed by atoms with E-state index in [0.717, 1.165) is 5.56 Å². The van der Waals surface area contributed by atoms with Gasteiger partial charge in [-0.2, -0.15) is 0 Å². The molecule has 0 fully saturated rings. The molecule has 1 amide bonds. The highest BCUT2D eigenvalue weighted by atomic mass is 32.2. The molecule has 5 nitrogen and oxygen atoms in total. The van der Waals surface area contributed by atoms with Gasteiger partial charge in [-0.15, -0.1) is 0 Å². The van der Waals surface area contributed by atoms with Gasteiger partial charge in [-0.25, -0.2) is 13.1 Å². The molecule has 1 rings (SSSR count). The molecule has 0 saturated heterocycles. The van der Waals surface area contributed by atoms with Crippen molar-refractivity contribution in [2.24, 2.45) is 0 Å². The van der Waals surface area contributed by atoms with E-state index in [1.54, 1.807) is 31.2 Å². The average molecular weight is 322 g/mol. The summed E-state index contributed by atoms with van der Waals surface area (Å²) in [4.78, 5) is 11.7. The van der Waals surface area contributed by atoms with E-state index in [2.05, 4.69) is 10.0 Å². The van der Waals surface area contributed by atoms with E-state index >= 15 is 0 Å². The van der Waals surface area contributed by atoms with E-state index in [9.17, 15) is 13.2 Å². The van der Waals surface area contributed by atoms with Crippen LogP contribution in [0.3, 0.4) is 0 Å². The molecule has 0 radical (unpaired) electrons. The molecule has 0 atom stereocenters. The van der Waals surface area contributed by atoms with Gasteiger partial charge in [-0.3, -0.25) is 4.79 Å². The fourth-order valence-corrected chi connectivity index (χ4v) is 3.12. The number of sulfonamides is 1. The largest absolute Gasteiger partial charge is 0.351 e. The van der Waals surface area contributed by atoms with Crippen LogP contribution in [-0.4, -0.2) is 27.4 Å². The highest BCUT2D eigenvalue weighted by Crippen LogP contribution is 2.16. The fourth-order valence-electron chi connectivity index (χ4n) is 1.76. The maximum atomic E-state index is 12.2. The van der Waals surface area contributed by atoms with Crippen LogP contribution in [0, 0.1) is 13.8 Å². The predicted molar refractivity (Wildman–Crippen MR) is 88.1 cm³/mol. The summed E-state index contributed by atoms with van der Waals surface area (Å²) in [5.41, 5.74) is 1.57. The number of amides is 1. The molecule has 6 heteroatoms. The van der Waals surface area contributed by atoms with E-state index in [1.165, 1.54) is 6.08 Å². The van der Waals surface area contributed by atoms with Crippen molar-refractivity contribution in [1.29, 1.82) is 0 Å². The first kappa shape index (κ1) is 18.1. The van der Waals surface area contributed by atoms with Crippen molar-refractivity contribution in [3.8, 4) is 0 Å². The van der Waals surface area contributed by atoms with Gasteiger partial charge < -0.3 is 5.32 Å². The van der Waals surface area contributed by atoms with Gasteiger partial charge in [0.1, 0.15) is 0 Å². The van der Waals surface area contributed by atoms with E-state index in [-0.39, 0.29) is 23.9 Å². The van der Waals surface area contributed by atoms with E-state index in [0.29, 0.717) is 5.56 Å². The Bertz CT molecular complexity index is 677. The van der Waals surface area contributed by atoms with Gasteiger partial charge in [0.25, 0.3) is 0 Å². The van der Waals surface area contributed by atoms with Crippen LogP contribution in [0.15, 0.2) is 47.4 Å². The number of carbonyl (C=O) groups excluding carboxylic acids is 1. The maximum Gasteiger partial charge on any atom is 0.244 e. The normalized spacial score (nSPS) is 12.1. The van der Waals surface area contributed by atoms with Crippen LogP contribution in [0.25, 0.3) is 0 Å². The summed E-state index contributed by atoms with van der Waals surface area (Å²) in [6.07, 6.45) is 6.56. The van der Waals surface area contributed by atoms with Crippen molar-refractivity contribution in [3.05, 3.63) is 53.6 Å². The summed E-state index contributed by atoms with van der Waals surface area (Å²) < 4.78 is 26.9. The zero-order chi connectivity index (χ0) is 16.6. The number of allylic oxidation sites excluding steroid dienone is 3. The maximum absolute atomic E-state index is 12.2. The molecular weight excluding hydrogens is 300 g/mol. The SMILES string of the molecule is C/C=C/C=C/C(=O)NCCNS(=O)(=O)c1cc(C)ccc1C. The van der Waals surface area contributed by atoms with Gasteiger partial charge in [-0.05, 0) is 38.0 Å².